The van der Waals surface area contributed by atoms with E-state index < -0.39 is 0 Å². The van der Waals surface area contributed by atoms with Crippen LogP contribution in [0.3, 0.4) is 0 Å². The molecule has 0 fully saturated rings. The van der Waals surface area contributed by atoms with Crippen molar-refractivity contribution in [1.82, 2.24) is 4.90 Å². The largest absolute Gasteiger partial charge is 0.469 e. The van der Waals surface area contributed by atoms with Crippen LogP contribution < -0.4 is 0 Å². The molecule has 0 N–H and O–H groups in total. The molecule has 6 heteroatoms. The van der Waals surface area contributed by atoms with Gasteiger partial charge in [0.25, 0.3) is 0 Å². The van der Waals surface area contributed by atoms with Gasteiger partial charge in [-0.1, -0.05) is 0 Å². The normalized spacial score (nSPS) is 10.8. The first-order valence-corrected chi connectivity index (χ1v) is 7.47. The van der Waals surface area contributed by atoms with Crippen LogP contribution in [-0.2, 0) is 19.1 Å². The number of amides is 1. The van der Waals surface area contributed by atoms with Crippen LogP contribution in [-0.4, -0.2) is 50.7 Å². The molecule has 0 unspecified atom stereocenters. The first-order valence-electron chi connectivity index (χ1n) is 6.66. The Balaban J connectivity index is 2.60. The molecule has 0 spiro atoms. The molecular formula is C15H21NO4S. The van der Waals surface area contributed by atoms with Crippen LogP contribution in [0.5, 0.6) is 0 Å². The lowest BCUT2D eigenvalue weighted by atomic mass is 10.3. The Morgan fingerprint density at radius 1 is 1.29 bits per heavy atom. The Hall–Kier alpha value is -1.66. The first-order chi connectivity index (χ1) is 10.1. The zero-order chi connectivity index (χ0) is 15.7. The third-order valence-electron chi connectivity index (χ3n) is 2.84. The standard InChI is InChI=1S/C15H21NO4S/c1-12-4-5-13(21-12)6-7-14(17)16(10-11-19-2)9-8-15(18)20-3/h4-7H,8-11H2,1-3H3/b7-6+. The Kier molecular flexibility index (Phi) is 7.71. The molecule has 116 valence electrons. The summed E-state index contributed by atoms with van der Waals surface area (Å²) in [5, 5.41) is 0. The summed E-state index contributed by atoms with van der Waals surface area (Å²) in [6, 6.07) is 3.98. The van der Waals surface area contributed by atoms with E-state index >= 15 is 0 Å². The average molecular weight is 311 g/mol. The third kappa shape index (κ3) is 6.55. The molecule has 1 amide bonds. The molecule has 0 atom stereocenters. The summed E-state index contributed by atoms with van der Waals surface area (Å²) >= 11 is 1.62. The molecule has 0 bridgehead atoms. The summed E-state index contributed by atoms with van der Waals surface area (Å²) in [6.45, 7) is 3.22. The number of carbonyl (C=O) groups is 2. The van der Waals surface area contributed by atoms with Crippen molar-refractivity contribution in [3.63, 3.8) is 0 Å². The van der Waals surface area contributed by atoms with Crippen LogP contribution in [0.25, 0.3) is 6.08 Å². The number of methoxy groups -OCH3 is 2. The summed E-state index contributed by atoms with van der Waals surface area (Å²) in [5.74, 6) is -0.468. The van der Waals surface area contributed by atoms with Crippen molar-refractivity contribution in [2.45, 2.75) is 13.3 Å². The molecule has 1 aromatic heterocycles. The van der Waals surface area contributed by atoms with Crippen molar-refractivity contribution in [2.75, 3.05) is 33.9 Å². The molecule has 21 heavy (non-hydrogen) atoms. The van der Waals surface area contributed by atoms with Crippen LogP contribution in [0.15, 0.2) is 18.2 Å². The molecule has 0 aliphatic rings. The molecule has 1 heterocycles. The molecule has 1 rings (SSSR count). The second-order valence-electron chi connectivity index (χ2n) is 4.43. The van der Waals surface area contributed by atoms with Crippen molar-refractivity contribution in [2.24, 2.45) is 0 Å². The minimum absolute atomic E-state index is 0.137. The highest BCUT2D eigenvalue weighted by Crippen LogP contribution is 2.16. The number of hydrogen-bond donors (Lipinski definition) is 0. The van der Waals surface area contributed by atoms with Gasteiger partial charge in [-0.2, -0.15) is 0 Å². The number of ether oxygens (including phenoxy) is 2. The maximum Gasteiger partial charge on any atom is 0.307 e. The van der Waals surface area contributed by atoms with E-state index in [1.165, 1.54) is 18.1 Å². The minimum atomic E-state index is -0.330. The molecule has 0 aromatic carbocycles. The smallest absolute Gasteiger partial charge is 0.307 e. The van der Waals surface area contributed by atoms with E-state index in [1.54, 1.807) is 29.4 Å². The van der Waals surface area contributed by atoms with Gasteiger partial charge in [0.15, 0.2) is 0 Å². The van der Waals surface area contributed by atoms with E-state index in [4.69, 9.17) is 4.74 Å². The fourth-order valence-electron chi connectivity index (χ4n) is 1.66. The van der Waals surface area contributed by atoms with Crippen LogP contribution >= 0.6 is 11.3 Å². The lowest BCUT2D eigenvalue weighted by Gasteiger charge is -2.20. The maximum absolute atomic E-state index is 12.2. The zero-order valence-corrected chi connectivity index (χ0v) is 13.4. The quantitative estimate of drug-likeness (QED) is 0.545. The average Bonchev–Trinajstić information content (AvgIpc) is 2.90. The van der Waals surface area contributed by atoms with E-state index in [1.807, 2.05) is 19.1 Å². The van der Waals surface area contributed by atoms with Gasteiger partial charge in [0.1, 0.15) is 0 Å². The highest BCUT2D eigenvalue weighted by Gasteiger charge is 2.12. The summed E-state index contributed by atoms with van der Waals surface area (Å²) < 4.78 is 9.58. The van der Waals surface area contributed by atoms with E-state index in [2.05, 4.69) is 4.74 Å². The summed E-state index contributed by atoms with van der Waals surface area (Å²) in [5.41, 5.74) is 0. The van der Waals surface area contributed by atoms with E-state index in [-0.39, 0.29) is 18.3 Å². The number of carbonyl (C=O) groups excluding carboxylic acids is 2. The summed E-state index contributed by atoms with van der Waals surface area (Å²) in [7, 11) is 2.91. The summed E-state index contributed by atoms with van der Waals surface area (Å²) in [4.78, 5) is 27.2. The van der Waals surface area contributed by atoms with Gasteiger partial charge in [-0.25, -0.2) is 0 Å². The predicted octanol–water partition coefficient (Wildman–Crippen LogP) is 2.11. The molecule has 0 radical (unpaired) electrons. The van der Waals surface area contributed by atoms with Gasteiger partial charge in [-0.3, -0.25) is 9.59 Å². The van der Waals surface area contributed by atoms with E-state index in [0.717, 1.165) is 4.88 Å². The molecule has 0 saturated carbocycles. The second-order valence-corrected chi connectivity index (χ2v) is 5.75. The Morgan fingerprint density at radius 3 is 2.62 bits per heavy atom. The first kappa shape index (κ1) is 17.4. The zero-order valence-electron chi connectivity index (χ0n) is 12.6. The lowest BCUT2D eigenvalue weighted by molar-refractivity contribution is -0.141. The highest BCUT2D eigenvalue weighted by atomic mass is 32.1. The predicted molar refractivity (Wildman–Crippen MR) is 83.2 cm³/mol. The monoisotopic (exact) mass is 311 g/mol. The number of nitrogens with zero attached hydrogens (tertiary/aromatic N) is 1. The molecule has 0 saturated heterocycles. The fraction of sp³-hybridized carbons (Fsp3) is 0.467. The third-order valence-corrected chi connectivity index (χ3v) is 3.81. The van der Waals surface area contributed by atoms with Crippen LogP contribution in [0.4, 0.5) is 0 Å². The Bertz CT molecular complexity index is 496. The van der Waals surface area contributed by atoms with Crippen LogP contribution in [0.2, 0.25) is 0 Å². The van der Waals surface area contributed by atoms with E-state index in [9.17, 15) is 9.59 Å². The fourth-order valence-corrected chi connectivity index (χ4v) is 2.44. The van der Waals surface area contributed by atoms with Gasteiger partial charge in [-0.05, 0) is 25.1 Å². The number of aryl methyl sites for hydroxylation is 1. The minimum Gasteiger partial charge on any atom is -0.469 e. The van der Waals surface area contributed by atoms with Crippen molar-refractivity contribution in [3.05, 3.63) is 28.0 Å². The number of rotatable bonds is 8. The van der Waals surface area contributed by atoms with Crippen LogP contribution in [0, 0.1) is 6.92 Å². The van der Waals surface area contributed by atoms with Gasteiger partial charge < -0.3 is 14.4 Å². The number of hydrogen-bond acceptors (Lipinski definition) is 5. The SMILES string of the molecule is COCCN(CCC(=O)OC)C(=O)/C=C/c1ccc(C)s1. The van der Waals surface area contributed by atoms with Crippen molar-refractivity contribution in [1.29, 1.82) is 0 Å². The van der Waals surface area contributed by atoms with Gasteiger partial charge in [0.05, 0.1) is 20.1 Å². The highest BCUT2D eigenvalue weighted by molar-refractivity contribution is 7.12. The molecular weight excluding hydrogens is 290 g/mol. The molecule has 0 aliphatic heterocycles. The van der Waals surface area contributed by atoms with Gasteiger partial charge in [0, 0.05) is 36.0 Å². The Labute approximate surface area is 129 Å². The van der Waals surface area contributed by atoms with Crippen LogP contribution in [0.1, 0.15) is 16.2 Å². The summed E-state index contributed by atoms with van der Waals surface area (Å²) in [6.07, 6.45) is 3.49. The van der Waals surface area contributed by atoms with E-state index in [0.29, 0.717) is 19.7 Å². The molecule has 1 aromatic rings. The molecule has 5 nitrogen and oxygen atoms in total. The second kappa shape index (κ2) is 9.31. The molecule has 0 aliphatic carbocycles. The topological polar surface area (TPSA) is 55.8 Å². The van der Waals surface area contributed by atoms with Crippen molar-refractivity contribution < 1.29 is 19.1 Å². The van der Waals surface area contributed by atoms with Crippen molar-refractivity contribution in [3.8, 4) is 0 Å². The van der Waals surface area contributed by atoms with Crippen molar-refractivity contribution >= 4 is 29.3 Å². The number of thiophene rings is 1. The maximum atomic E-state index is 12.2. The lowest BCUT2D eigenvalue weighted by Crippen LogP contribution is -2.34. The Morgan fingerprint density at radius 2 is 2.05 bits per heavy atom. The van der Waals surface area contributed by atoms with Gasteiger partial charge >= 0.3 is 5.97 Å². The van der Waals surface area contributed by atoms with Gasteiger partial charge in [-0.15, -0.1) is 11.3 Å². The number of esters is 1. The van der Waals surface area contributed by atoms with Gasteiger partial charge in [0.2, 0.25) is 5.91 Å².